The van der Waals surface area contributed by atoms with Crippen molar-refractivity contribution in [1.82, 2.24) is 0 Å². The van der Waals surface area contributed by atoms with Crippen LogP contribution in [0.4, 0.5) is 0 Å². The largest absolute Gasteiger partial charge is 0.481 e. The first kappa shape index (κ1) is 15.5. The number of carbonyl (C=O) groups is 1. The quantitative estimate of drug-likeness (QED) is 0.415. The van der Waals surface area contributed by atoms with Crippen LogP contribution in [-0.2, 0) is 4.79 Å². The molecular weight excluding hydrogens is 224 g/mol. The molecule has 0 aromatic rings. The van der Waals surface area contributed by atoms with Crippen LogP contribution in [0.5, 0.6) is 0 Å². The Kier molecular flexibility index (Phi) is 12.5. The Labute approximate surface area is 115 Å². The van der Waals surface area contributed by atoms with Crippen LogP contribution in [0.3, 0.4) is 0 Å². The summed E-state index contributed by atoms with van der Waals surface area (Å²) in [6.07, 6.45) is 14.6. The summed E-state index contributed by atoms with van der Waals surface area (Å²) >= 11 is 0. The molecule has 0 saturated heterocycles. The maximum absolute atomic E-state index is 10.3. The van der Waals surface area contributed by atoms with Crippen LogP contribution in [0, 0.1) is 0 Å². The van der Waals surface area contributed by atoms with Crippen LogP contribution in [0.1, 0.15) is 98.2 Å². The first-order valence-electron chi connectivity index (χ1n) is 8.38. The van der Waals surface area contributed by atoms with Gasteiger partial charge in [-0.05, 0) is 6.42 Å². The normalized spacial score (nSPS) is 13.3. The lowest BCUT2D eigenvalue weighted by molar-refractivity contribution is -0.137. The minimum absolute atomic E-state index is 0.158. The summed E-state index contributed by atoms with van der Waals surface area (Å²) in [6.45, 7) is 2.09. The first-order valence-corrected chi connectivity index (χ1v) is 7.80. The molecule has 0 spiro atoms. The zero-order chi connectivity index (χ0) is 14.3. The third kappa shape index (κ3) is 15.5. The third-order valence-electron chi connectivity index (χ3n) is 3.34. The predicted octanol–water partition coefficient (Wildman–Crippen LogP) is 5.55. The first-order chi connectivity index (χ1) is 9.16. The summed E-state index contributed by atoms with van der Waals surface area (Å²) in [6, 6.07) is 0. The van der Waals surface area contributed by atoms with Crippen LogP contribution in [-0.4, -0.2) is 11.1 Å². The molecule has 0 heterocycles. The van der Waals surface area contributed by atoms with Gasteiger partial charge in [0, 0.05) is 7.79 Å². The zero-order valence-electron chi connectivity index (χ0n) is 13.1. The molecule has 0 aromatic carbocycles. The van der Waals surface area contributed by atoms with Crippen molar-refractivity contribution in [3.8, 4) is 0 Å². The van der Waals surface area contributed by atoms with E-state index >= 15 is 0 Å². The third-order valence-corrected chi connectivity index (χ3v) is 3.34. The molecule has 1 N–H and O–H groups in total. The van der Waals surface area contributed by atoms with E-state index in [0.717, 1.165) is 25.7 Å². The second kappa shape index (κ2) is 14.5. The van der Waals surface area contributed by atoms with Crippen molar-refractivity contribution in [2.45, 2.75) is 96.8 Å². The molecule has 0 bridgehead atoms. The van der Waals surface area contributed by atoms with E-state index in [-0.39, 0.29) is 6.40 Å². The lowest BCUT2D eigenvalue weighted by Crippen LogP contribution is -1.93. The van der Waals surface area contributed by atoms with Gasteiger partial charge in [-0.3, -0.25) is 4.79 Å². The van der Waals surface area contributed by atoms with E-state index in [0.29, 0.717) is 6.42 Å². The van der Waals surface area contributed by atoms with Crippen molar-refractivity contribution in [2.24, 2.45) is 0 Å². The molecule has 0 aliphatic rings. The average Bonchev–Trinajstić information content (AvgIpc) is 2.39. The van der Waals surface area contributed by atoms with Gasteiger partial charge in [0.1, 0.15) is 0 Å². The number of hydrogen-bond acceptors (Lipinski definition) is 1. The monoisotopic (exact) mass is 258 g/mol. The second-order valence-corrected chi connectivity index (χ2v) is 5.16. The highest BCUT2D eigenvalue weighted by atomic mass is 16.4. The van der Waals surface area contributed by atoms with E-state index in [1.165, 1.54) is 51.4 Å². The molecule has 1 atom stereocenters. The van der Waals surface area contributed by atoms with Crippen LogP contribution >= 0.6 is 0 Å². The van der Waals surface area contributed by atoms with Gasteiger partial charge in [0.2, 0.25) is 0 Å². The Bertz CT molecular complexity index is 207. The van der Waals surface area contributed by atoms with E-state index < -0.39 is 5.97 Å². The van der Waals surface area contributed by atoms with Crippen molar-refractivity contribution >= 4 is 5.97 Å². The predicted molar refractivity (Wildman–Crippen MR) is 77.9 cm³/mol. The fourth-order valence-electron chi connectivity index (χ4n) is 2.18. The Hall–Kier alpha value is -0.530. The summed E-state index contributed by atoms with van der Waals surface area (Å²) in [5.74, 6) is -0.669. The lowest BCUT2D eigenvalue weighted by Gasteiger charge is -2.02. The van der Waals surface area contributed by atoms with Gasteiger partial charge in [-0.2, -0.15) is 0 Å². The topological polar surface area (TPSA) is 37.3 Å². The molecule has 0 saturated carbocycles. The molecule has 0 amide bonds. The van der Waals surface area contributed by atoms with Crippen LogP contribution in [0.2, 0.25) is 0 Å². The van der Waals surface area contributed by atoms with Crippen molar-refractivity contribution < 1.29 is 11.3 Å². The Morgan fingerprint density at radius 2 is 1.22 bits per heavy atom. The van der Waals surface area contributed by atoms with E-state index in [1.54, 1.807) is 0 Å². The summed E-state index contributed by atoms with van der Waals surface area (Å²) < 4.78 is 7.64. The highest BCUT2D eigenvalue weighted by Crippen LogP contribution is 2.12. The molecule has 18 heavy (non-hydrogen) atoms. The molecule has 0 aromatic heterocycles. The van der Waals surface area contributed by atoms with Crippen molar-refractivity contribution in [3.63, 3.8) is 0 Å². The van der Waals surface area contributed by atoms with Crippen LogP contribution < -0.4 is 0 Å². The van der Waals surface area contributed by atoms with Crippen LogP contribution in [0.15, 0.2) is 0 Å². The van der Waals surface area contributed by atoms with Crippen molar-refractivity contribution in [2.75, 3.05) is 0 Å². The minimum atomic E-state index is -0.669. The summed E-state index contributed by atoms with van der Waals surface area (Å²) in [4.78, 5) is 10.3. The molecule has 1 unspecified atom stereocenters. The lowest BCUT2D eigenvalue weighted by atomic mass is 10.0. The van der Waals surface area contributed by atoms with Gasteiger partial charge in [0.25, 0.3) is 0 Å². The number of carboxylic acid groups (broad SMARTS) is 1. The van der Waals surface area contributed by atoms with E-state index in [1.807, 2.05) is 0 Å². The fourth-order valence-corrected chi connectivity index (χ4v) is 2.18. The highest BCUT2D eigenvalue weighted by Gasteiger charge is 1.96. The average molecular weight is 258 g/mol. The van der Waals surface area contributed by atoms with Crippen LogP contribution in [0.25, 0.3) is 0 Å². The van der Waals surface area contributed by atoms with E-state index in [2.05, 4.69) is 6.92 Å². The summed E-state index contributed by atoms with van der Waals surface area (Å²) in [5, 5.41) is 8.50. The zero-order valence-corrected chi connectivity index (χ0v) is 12.1. The van der Waals surface area contributed by atoms with Gasteiger partial charge >= 0.3 is 5.97 Å². The minimum Gasteiger partial charge on any atom is -0.481 e. The maximum atomic E-state index is 10.3. The molecule has 108 valence electrons. The molecule has 0 radical (unpaired) electrons. The number of carboxylic acids is 1. The SMILES string of the molecule is [3H]C(CC)CCCCCCCCCCCCC(=O)O. The molecule has 0 fully saturated rings. The van der Waals surface area contributed by atoms with Crippen molar-refractivity contribution in [3.05, 3.63) is 0 Å². The summed E-state index contributed by atoms with van der Waals surface area (Å²) in [5.41, 5.74) is 0. The molecule has 0 aliphatic carbocycles. The fraction of sp³-hybridized carbons (Fsp3) is 0.938. The van der Waals surface area contributed by atoms with E-state index in [4.69, 9.17) is 6.48 Å². The molecule has 2 nitrogen and oxygen atoms in total. The molecule has 0 aliphatic heterocycles. The summed E-state index contributed by atoms with van der Waals surface area (Å²) in [7, 11) is 0. The Morgan fingerprint density at radius 1 is 0.833 bits per heavy atom. The van der Waals surface area contributed by atoms with E-state index in [9.17, 15) is 4.79 Å². The van der Waals surface area contributed by atoms with Gasteiger partial charge in [-0.15, -0.1) is 0 Å². The van der Waals surface area contributed by atoms with Gasteiger partial charge in [-0.25, -0.2) is 0 Å². The molecule has 0 rings (SSSR count). The smallest absolute Gasteiger partial charge is 0.303 e. The maximum Gasteiger partial charge on any atom is 0.303 e. The number of rotatable bonds is 14. The molecular formula is C16H32O2. The highest BCUT2D eigenvalue weighted by molar-refractivity contribution is 5.66. The van der Waals surface area contributed by atoms with Gasteiger partial charge in [-0.1, -0.05) is 83.9 Å². The molecule has 2 heteroatoms. The van der Waals surface area contributed by atoms with Gasteiger partial charge < -0.3 is 5.11 Å². The van der Waals surface area contributed by atoms with Crippen molar-refractivity contribution in [1.29, 1.82) is 0 Å². The van der Waals surface area contributed by atoms with Gasteiger partial charge in [0.15, 0.2) is 0 Å². The standard InChI is InChI=1S/C16H32O2/c1-2-3-4-5-6-7-8-9-10-11-12-13-14-15-16(17)18/h2-15H2,1H3,(H,17,18)/i3T. The van der Waals surface area contributed by atoms with Gasteiger partial charge in [0.05, 0.1) is 0 Å². The number of aliphatic carboxylic acids is 1. The second-order valence-electron chi connectivity index (χ2n) is 5.16. The Balaban J connectivity index is 3.01. The Morgan fingerprint density at radius 3 is 1.61 bits per heavy atom. The number of unbranched alkanes of at least 4 members (excludes halogenated alkanes) is 9. The number of hydrogen-bond donors (Lipinski definition) is 1.